The first-order valence-electron chi connectivity index (χ1n) is 9.39. The molecule has 0 saturated carbocycles. The maximum atomic E-state index is 14.0. The van der Waals surface area contributed by atoms with Crippen molar-refractivity contribution in [2.45, 2.75) is 0 Å². The summed E-state index contributed by atoms with van der Waals surface area (Å²) in [5, 5.41) is 11.7. The summed E-state index contributed by atoms with van der Waals surface area (Å²) < 4.78 is 27.7. The molecule has 1 fully saturated rings. The van der Waals surface area contributed by atoms with Crippen molar-refractivity contribution in [3.05, 3.63) is 69.6 Å². The maximum absolute atomic E-state index is 14.0. The topological polar surface area (TPSA) is 69.0 Å². The molecular weight excluding hydrogens is 410 g/mol. The molecule has 0 radical (unpaired) electrons. The molecule has 0 aliphatic carbocycles. The van der Waals surface area contributed by atoms with E-state index in [1.807, 2.05) is 9.80 Å². The van der Waals surface area contributed by atoms with Gasteiger partial charge in [0.25, 0.3) is 5.91 Å². The largest absolute Gasteiger partial charge is 0.492 e. The van der Waals surface area contributed by atoms with Gasteiger partial charge in [-0.05, 0) is 30.3 Å². The van der Waals surface area contributed by atoms with Crippen molar-refractivity contribution >= 4 is 33.6 Å². The third-order valence-corrected chi connectivity index (χ3v) is 6.36. The van der Waals surface area contributed by atoms with Crippen molar-refractivity contribution in [1.29, 1.82) is 0 Å². The third kappa shape index (κ3) is 3.11. The smallest absolute Gasteiger partial charge is 0.279 e. The average molecular weight is 426 g/mol. The number of rotatable bonds is 3. The standard InChI is InChI=1S/C21H16F2N4O2S/c22-12-5-6-15-13(11-12)17(19(28)24-15)18-20(29)25-21(30-18)27-9-7-26(8-10-27)16-4-2-1-3-14(16)23/h1-6,11,29H,7-10H2. The van der Waals surface area contributed by atoms with Crippen LogP contribution >= 0.6 is 11.3 Å². The summed E-state index contributed by atoms with van der Waals surface area (Å²) in [4.78, 5) is 24.8. The minimum absolute atomic E-state index is 0.163. The lowest BCUT2D eigenvalue weighted by atomic mass is 10.1. The van der Waals surface area contributed by atoms with E-state index < -0.39 is 11.7 Å². The molecular formula is C21H16F2N4O2S. The lowest BCUT2D eigenvalue weighted by Gasteiger charge is -2.36. The van der Waals surface area contributed by atoms with Crippen LogP contribution in [0.25, 0.3) is 5.57 Å². The first-order chi connectivity index (χ1) is 14.5. The minimum Gasteiger partial charge on any atom is -0.492 e. The van der Waals surface area contributed by atoms with Crippen LogP contribution in [0.5, 0.6) is 5.88 Å². The highest BCUT2D eigenvalue weighted by Crippen LogP contribution is 2.36. The quantitative estimate of drug-likeness (QED) is 0.692. The number of nitrogens with zero attached hydrogens (tertiary/aromatic N) is 4. The van der Waals surface area contributed by atoms with Gasteiger partial charge in [0.1, 0.15) is 16.5 Å². The molecule has 2 aliphatic heterocycles. The molecule has 30 heavy (non-hydrogen) atoms. The number of hydrogen-bond acceptors (Lipinski definition) is 6. The van der Waals surface area contributed by atoms with Crippen LogP contribution in [0.3, 0.4) is 0 Å². The number of amides is 1. The number of para-hydroxylation sites is 1. The van der Waals surface area contributed by atoms with E-state index in [1.165, 1.54) is 35.6 Å². The predicted octanol–water partition coefficient (Wildman–Crippen LogP) is 1.81. The molecule has 2 aromatic carbocycles. The van der Waals surface area contributed by atoms with Gasteiger partial charge < -0.3 is 14.9 Å². The first-order valence-corrected chi connectivity index (χ1v) is 10.2. The van der Waals surface area contributed by atoms with Crippen LogP contribution in [0, 0.1) is 11.6 Å². The minimum atomic E-state index is -0.523. The van der Waals surface area contributed by atoms with Crippen LogP contribution in [-0.4, -0.2) is 42.2 Å². The summed E-state index contributed by atoms with van der Waals surface area (Å²) in [5.41, 5.74) is 0.725. The van der Waals surface area contributed by atoms with Gasteiger partial charge in [0, 0.05) is 31.4 Å². The molecule has 5 rings (SSSR count). The molecule has 6 nitrogen and oxygen atoms in total. The molecule has 0 spiro atoms. The first kappa shape index (κ1) is 18.7. The second-order valence-corrected chi connectivity index (χ2v) is 8.01. The summed E-state index contributed by atoms with van der Waals surface area (Å²) >= 11 is 1.17. The van der Waals surface area contributed by atoms with Crippen LogP contribution in [-0.2, 0) is 4.79 Å². The number of halogens is 2. The average Bonchev–Trinajstić information content (AvgIpc) is 3.27. The molecule has 0 atom stereocenters. The van der Waals surface area contributed by atoms with E-state index in [2.05, 4.69) is 9.98 Å². The van der Waals surface area contributed by atoms with Gasteiger partial charge in [-0.3, -0.25) is 4.79 Å². The van der Waals surface area contributed by atoms with E-state index in [4.69, 9.17) is 0 Å². The summed E-state index contributed by atoms with van der Waals surface area (Å²) in [6, 6.07) is 10.6. The van der Waals surface area contributed by atoms with E-state index in [1.54, 1.807) is 18.2 Å². The van der Waals surface area contributed by atoms with Crippen LogP contribution in [0.15, 0.2) is 47.5 Å². The number of aromatic hydroxyl groups is 1. The lowest BCUT2D eigenvalue weighted by molar-refractivity contribution is -0.112. The second kappa shape index (κ2) is 7.17. The fourth-order valence-electron chi connectivity index (χ4n) is 3.75. The monoisotopic (exact) mass is 426 g/mol. The van der Waals surface area contributed by atoms with Crippen molar-refractivity contribution < 1.29 is 18.7 Å². The number of hydrogen-bond donors (Lipinski definition) is 1. The Hall–Kier alpha value is -3.33. The van der Waals surface area contributed by atoms with Crippen LogP contribution in [0.1, 0.15) is 4.88 Å². The fraction of sp³-hybridized carbons (Fsp3) is 0.190. The number of fused-ring (bicyclic) bond motifs is 1. The molecule has 0 bridgehead atoms. The highest BCUT2D eigenvalue weighted by Gasteiger charge is 2.28. The summed E-state index contributed by atoms with van der Waals surface area (Å²) in [5.74, 6) is -1.54. The van der Waals surface area contributed by atoms with Crippen molar-refractivity contribution in [1.82, 2.24) is 4.98 Å². The molecule has 1 amide bonds. The van der Waals surface area contributed by atoms with E-state index in [0.717, 1.165) is 0 Å². The van der Waals surface area contributed by atoms with Gasteiger partial charge in [-0.2, -0.15) is 4.98 Å². The van der Waals surface area contributed by atoms with Crippen LogP contribution in [0.4, 0.5) is 19.6 Å². The number of carbonyl (C=O) groups is 1. The Kier molecular flexibility index (Phi) is 4.47. The molecule has 152 valence electrons. The van der Waals surface area contributed by atoms with Gasteiger partial charge in [0.15, 0.2) is 5.13 Å². The molecule has 9 heteroatoms. The number of aromatic nitrogens is 1. The summed E-state index contributed by atoms with van der Waals surface area (Å²) in [7, 11) is 0. The van der Waals surface area contributed by atoms with Crippen molar-refractivity contribution in [3.8, 4) is 5.88 Å². The normalized spacial score (nSPS) is 16.1. The van der Waals surface area contributed by atoms with E-state index in [-0.39, 0.29) is 22.1 Å². The zero-order chi connectivity index (χ0) is 20.8. The summed E-state index contributed by atoms with van der Waals surface area (Å²) in [6.07, 6.45) is 0. The number of carbonyl (C=O) groups excluding carboxylic acids is 1. The van der Waals surface area contributed by atoms with E-state index in [9.17, 15) is 18.7 Å². The van der Waals surface area contributed by atoms with E-state index in [0.29, 0.717) is 47.6 Å². The predicted molar refractivity (Wildman–Crippen MR) is 109 cm³/mol. The Labute approximate surface area is 174 Å². The van der Waals surface area contributed by atoms with Gasteiger partial charge in [-0.1, -0.05) is 23.5 Å². The molecule has 2 aliphatic rings. The number of benzene rings is 2. The van der Waals surface area contributed by atoms with Crippen LogP contribution < -0.4 is 20.4 Å². The Morgan fingerprint density at radius 2 is 1.73 bits per heavy atom. The van der Waals surface area contributed by atoms with Crippen LogP contribution in [0.2, 0.25) is 0 Å². The highest BCUT2D eigenvalue weighted by molar-refractivity contribution is 7.17. The van der Waals surface area contributed by atoms with Crippen molar-refractivity contribution in [2.75, 3.05) is 36.0 Å². The molecule has 3 heterocycles. The Bertz CT molecular complexity index is 1280. The molecule has 1 N–H and O–H groups in total. The second-order valence-electron chi connectivity index (χ2n) is 7.03. The van der Waals surface area contributed by atoms with E-state index >= 15 is 0 Å². The van der Waals surface area contributed by atoms with Crippen molar-refractivity contribution in [2.24, 2.45) is 4.99 Å². The molecule has 3 aromatic rings. The van der Waals surface area contributed by atoms with Gasteiger partial charge in [0.2, 0.25) is 5.88 Å². The fourth-order valence-corrected chi connectivity index (χ4v) is 4.81. The Morgan fingerprint density at radius 3 is 2.50 bits per heavy atom. The third-order valence-electron chi connectivity index (χ3n) is 5.23. The Morgan fingerprint density at radius 1 is 1.00 bits per heavy atom. The van der Waals surface area contributed by atoms with Crippen molar-refractivity contribution in [3.63, 3.8) is 0 Å². The number of anilines is 2. The lowest BCUT2D eigenvalue weighted by Crippen LogP contribution is -2.46. The van der Waals surface area contributed by atoms with Gasteiger partial charge >= 0.3 is 0 Å². The zero-order valence-corrected chi connectivity index (χ0v) is 16.5. The van der Waals surface area contributed by atoms with Gasteiger partial charge in [-0.25, -0.2) is 13.8 Å². The molecule has 1 aromatic heterocycles. The van der Waals surface area contributed by atoms with Gasteiger partial charge in [0.05, 0.1) is 16.6 Å². The maximum Gasteiger partial charge on any atom is 0.279 e. The zero-order valence-electron chi connectivity index (χ0n) is 15.7. The Balaban J connectivity index is 1.42. The SMILES string of the molecule is O=C1N=c2ccc(F)cc2=C1c1sc(N2CCN(c3ccccc3F)CC2)nc1O. The van der Waals surface area contributed by atoms with Gasteiger partial charge in [-0.15, -0.1) is 0 Å². The molecule has 1 saturated heterocycles. The highest BCUT2D eigenvalue weighted by atomic mass is 32.1. The summed E-state index contributed by atoms with van der Waals surface area (Å²) in [6.45, 7) is 2.35. The number of thiazole rings is 1. The number of piperazine rings is 1. The molecule has 0 unspecified atom stereocenters.